The predicted molar refractivity (Wildman–Crippen MR) is 92.7 cm³/mol. The molecule has 0 aliphatic rings. The van der Waals surface area contributed by atoms with Crippen LogP contribution in [0.25, 0.3) is 0 Å². The van der Waals surface area contributed by atoms with E-state index in [1.165, 1.54) is 5.56 Å². The number of hydrogen-bond donors (Lipinski definition) is 2. The van der Waals surface area contributed by atoms with Gasteiger partial charge in [0.2, 0.25) is 0 Å². The minimum absolute atomic E-state index is 0.369. The lowest BCUT2D eigenvalue weighted by atomic mass is 10.1. The third-order valence-corrected chi connectivity index (χ3v) is 3.59. The van der Waals surface area contributed by atoms with E-state index in [2.05, 4.69) is 17.8 Å². The van der Waals surface area contributed by atoms with E-state index in [9.17, 15) is 9.59 Å². The van der Waals surface area contributed by atoms with E-state index in [0.29, 0.717) is 11.3 Å². The third-order valence-electron chi connectivity index (χ3n) is 3.59. The number of rotatable bonds is 5. The summed E-state index contributed by atoms with van der Waals surface area (Å²) in [5.74, 6) is -0.179. The van der Waals surface area contributed by atoms with Gasteiger partial charge in [-0.2, -0.15) is 0 Å². The summed E-state index contributed by atoms with van der Waals surface area (Å²) < 4.78 is 5.57. The molecule has 5 heteroatoms. The molecule has 2 N–H and O–H groups in total. The lowest BCUT2D eigenvalue weighted by Crippen LogP contribution is -2.47. The number of benzene rings is 2. The summed E-state index contributed by atoms with van der Waals surface area (Å²) in [7, 11) is 0. The SMILES string of the molecule is CCc1ccc(OC(C)C(=O)NNC(=O)c2cccc(C)c2)cc1. The number of hydrazine groups is 1. The van der Waals surface area contributed by atoms with Gasteiger partial charge in [0.05, 0.1) is 0 Å². The van der Waals surface area contributed by atoms with Gasteiger partial charge >= 0.3 is 0 Å². The zero-order valence-corrected chi connectivity index (χ0v) is 14.1. The van der Waals surface area contributed by atoms with E-state index < -0.39 is 12.0 Å². The predicted octanol–water partition coefficient (Wildman–Crippen LogP) is 2.79. The second kappa shape index (κ2) is 8.15. The first-order chi connectivity index (χ1) is 11.5. The van der Waals surface area contributed by atoms with Crippen LogP contribution in [0.15, 0.2) is 48.5 Å². The number of aryl methyl sites for hydroxylation is 2. The molecule has 24 heavy (non-hydrogen) atoms. The first kappa shape index (κ1) is 17.5. The van der Waals surface area contributed by atoms with Gasteiger partial charge in [0.1, 0.15) is 5.75 Å². The monoisotopic (exact) mass is 326 g/mol. The van der Waals surface area contributed by atoms with Gasteiger partial charge in [0.15, 0.2) is 6.10 Å². The summed E-state index contributed by atoms with van der Waals surface area (Å²) in [6.07, 6.45) is 0.219. The molecule has 2 aromatic carbocycles. The molecule has 126 valence electrons. The van der Waals surface area contributed by atoms with Crippen molar-refractivity contribution in [3.05, 3.63) is 65.2 Å². The van der Waals surface area contributed by atoms with Crippen LogP contribution in [0.3, 0.4) is 0 Å². The second-order valence-corrected chi connectivity index (χ2v) is 5.57. The molecule has 0 aromatic heterocycles. The molecule has 1 unspecified atom stereocenters. The molecule has 2 rings (SSSR count). The largest absolute Gasteiger partial charge is 0.481 e. The van der Waals surface area contributed by atoms with Crippen LogP contribution < -0.4 is 15.6 Å². The maximum atomic E-state index is 12.0. The highest BCUT2D eigenvalue weighted by atomic mass is 16.5. The number of carbonyl (C=O) groups excluding carboxylic acids is 2. The molecule has 2 amide bonds. The molecule has 0 spiro atoms. The average Bonchev–Trinajstić information content (AvgIpc) is 2.60. The van der Waals surface area contributed by atoms with Gasteiger partial charge in [0, 0.05) is 5.56 Å². The lowest BCUT2D eigenvalue weighted by molar-refractivity contribution is -0.128. The van der Waals surface area contributed by atoms with E-state index in [1.807, 2.05) is 37.3 Å². The summed E-state index contributed by atoms with van der Waals surface area (Å²) in [5, 5.41) is 0. The molecule has 0 radical (unpaired) electrons. The molecular formula is C19H22N2O3. The van der Waals surface area contributed by atoms with Crippen molar-refractivity contribution in [1.82, 2.24) is 10.9 Å². The van der Waals surface area contributed by atoms with Crippen LogP contribution in [0.1, 0.15) is 35.3 Å². The van der Waals surface area contributed by atoms with Crippen LogP contribution in [0.2, 0.25) is 0 Å². The minimum Gasteiger partial charge on any atom is -0.481 e. The Morgan fingerprint density at radius 1 is 1.08 bits per heavy atom. The number of carbonyl (C=O) groups is 2. The van der Waals surface area contributed by atoms with Gasteiger partial charge in [-0.05, 0) is 50.1 Å². The molecule has 2 aromatic rings. The zero-order valence-electron chi connectivity index (χ0n) is 14.1. The Kier molecular flexibility index (Phi) is 5.95. The molecule has 0 heterocycles. The van der Waals surface area contributed by atoms with Crippen molar-refractivity contribution in [1.29, 1.82) is 0 Å². The van der Waals surface area contributed by atoms with Crippen molar-refractivity contribution in [2.75, 3.05) is 0 Å². The summed E-state index contributed by atoms with van der Waals surface area (Å²) >= 11 is 0. The smallest absolute Gasteiger partial charge is 0.279 e. The fourth-order valence-electron chi connectivity index (χ4n) is 2.14. The van der Waals surface area contributed by atoms with E-state index in [4.69, 9.17) is 4.74 Å². The minimum atomic E-state index is -0.727. The van der Waals surface area contributed by atoms with E-state index in [-0.39, 0.29) is 5.91 Å². The van der Waals surface area contributed by atoms with Crippen molar-refractivity contribution < 1.29 is 14.3 Å². The normalized spacial score (nSPS) is 11.5. The van der Waals surface area contributed by atoms with Crippen molar-refractivity contribution in [2.45, 2.75) is 33.3 Å². The van der Waals surface area contributed by atoms with Gasteiger partial charge in [-0.1, -0.05) is 36.8 Å². The van der Waals surface area contributed by atoms with Gasteiger partial charge in [-0.15, -0.1) is 0 Å². The van der Waals surface area contributed by atoms with Crippen molar-refractivity contribution in [3.63, 3.8) is 0 Å². The van der Waals surface area contributed by atoms with Crippen molar-refractivity contribution in [3.8, 4) is 5.75 Å². The summed E-state index contributed by atoms with van der Waals surface area (Å²) in [6, 6.07) is 14.7. The number of amides is 2. The Hall–Kier alpha value is -2.82. The highest BCUT2D eigenvalue weighted by molar-refractivity contribution is 5.95. The Labute approximate surface area is 142 Å². The topological polar surface area (TPSA) is 67.4 Å². The van der Waals surface area contributed by atoms with E-state index >= 15 is 0 Å². The Morgan fingerprint density at radius 3 is 2.42 bits per heavy atom. The van der Waals surface area contributed by atoms with Gasteiger partial charge in [-0.3, -0.25) is 20.4 Å². The maximum Gasteiger partial charge on any atom is 0.279 e. The number of hydrogen-bond acceptors (Lipinski definition) is 3. The van der Waals surface area contributed by atoms with Gasteiger partial charge in [0.25, 0.3) is 11.8 Å². The van der Waals surface area contributed by atoms with Crippen LogP contribution in [-0.4, -0.2) is 17.9 Å². The molecule has 0 aliphatic heterocycles. The van der Waals surface area contributed by atoms with Crippen LogP contribution >= 0.6 is 0 Å². The van der Waals surface area contributed by atoms with E-state index in [0.717, 1.165) is 12.0 Å². The molecule has 0 fully saturated rings. The summed E-state index contributed by atoms with van der Waals surface area (Å²) in [4.78, 5) is 24.0. The fourth-order valence-corrected chi connectivity index (χ4v) is 2.14. The van der Waals surface area contributed by atoms with Crippen LogP contribution in [0.5, 0.6) is 5.75 Å². The highest BCUT2D eigenvalue weighted by Crippen LogP contribution is 2.14. The number of nitrogens with one attached hydrogen (secondary N) is 2. The average molecular weight is 326 g/mol. The van der Waals surface area contributed by atoms with Crippen LogP contribution in [0.4, 0.5) is 0 Å². The zero-order chi connectivity index (χ0) is 17.5. The third kappa shape index (κ3) is 4.84. The van der Waals surface area contributed by atoms with Gasteiger partial charge in [-0.25, -0.2) is 0 Å². The number of ether oxygens (including phenoxy) is 1. The molecule has 0 bridgehead atoms. The maximum absolute atomic E-state index is 12.0. The second-order valence-electron chi connectivity index (χ2n) is 5.57. The molecule has 0 aliphatic carbocycles. The molecule has 5 nitrogen and oxygen atoms in total. The molecule has 0 saturated carbocycles. The fraction of sp³-hybridized carbons (Fsp3) is 0.263. The molecule has 0 saturated heterocycles. The molecule has 1 atom stereocenters. The van der Waals surface area contributed by atoms with Crippen LogP contribution in [0, 0.1) is 6.92 Å². The Morgan fingerprint density at radius 2 is 1.79 bits per heavy atom. The van der Waals surface area contributed by atoms with E-state index in [1.54, 1.807) is 25.1 Å². The standard InChI is InChI=1S/C19H22N2O3/c1-4-15-8-10-17(11-9-15)24-14(3)18(22)20-21-19(23)16-7-5-6-13(2)12-16/h5-12,14H,4H2,1-3H3,(H,20,22)(H,21,23). The quantitative estimate of drug-likeness (QED) is 0.830. The van der Waals surface area contributed by atoms with Crippen molar-refractivity contribution >= 4 is 11.8 Å². The first-order valence-corrected chi connectivity index (χ1v) is 7.92. The lowest BCUT2D eigenvalue weighted by Gasteiger charge is -2.15. The summed E-state index contributed by atoms with van der Waals surface area (Å²) in [5.41, 5.74) is 7.43. The Bertz CT molecular complexity index is 711. The van der Waals surface area contributed by atoms with Crippen molar-refractivity contribution in [2.24, 2.45) is 0 Å². The Balaban J connectivity index is 1.85. The highest BCUT2D eigenvalue weighted by Gasteiger charge is 2.16. The van der Waals surface area contributed by atoms with Crippen LogP contribution in [-0.2, 0) is 11.2 Å². The molecular weight excluding hydrogens is 304 g/mol. The summed E-state index contributed by atoms with van der Waals surface area (Å²) in [6.45, 7) is 5.60. The first-order valence-electron chi connectivity index (χ1n) is 7.92. The van der Waals surface area contributed by atoms with Gasteiger partial charge < -0.3 is 4.74 Å².